The van der Waals surface area contributed by atoms with E-state index in [1.54, 1.807) is 0 Å². The Bertz CT molecular complexity index is 520. The van der Waals surface area contributed by atoms with Crippen LogP contribution in [0.5, 0.6) is 0 Å². The highest BCUT2D eigenvalue weighted by atomic mass is 16.2. The van der Waals surface area contributed by atoms with E-state index >= 15 is 0 Å². The first kappa shape index (κ1) is 13.2. The SMILES string of the molecule is Nc1ccn(C2CCN(C(=O)C3C4CCCCC43)CC2)n1. The molecule has 1 amide bonds. The van der Waals surface area contributed by atoms with Crippen LogP contribution in [0.3, 0.4) is 0 Å². The zero-order valence-corrected chi connectivity index (χ0v) is 12.4. The first-order chi connectivity index (χ1) is 10.2. The van der Waals surface area contributed by atoms with Crippen molar-refractivity contribution in [2.75, 3.05) is 18.8 Å². The summed E-state index contributed by atoms with van der Waals surface area (Å²) in [6.45, 7) is 1.75. The number of nitrogens with zero attached hydrogens (tertiary/aromatic N) is 3. The Morgan fingerprint density at radius 1 is 1.14 bits per heavy atom. The summed E-state index contributed by atoms with van der Waals surface area (Å²) in [6, 6.07) is 2.24. The number of hydrogen-bond donors (Lipinski definition) is 1. The molecule has 114 valence electrons. The lowest BCUT2D eigenvalue weighted by molar-refractivity contribution is -0.134. The number of aromatic nitrogens is 2. The maximum Gasteiger partial charge on any atom is 0.226 e. The number of likely N-dealkylation sites (tertiary alicyclic amines) is 1. The van der Waals surface area contributed by atoms with Crippen LogP contribution in [-0.4, -0.2) is 33.7 Å². The van der Waals surface area contributed by atoms with Crippen LogP contribution in [0.15, 0.2) is 12.3 Å². The number of hydrogen-bond acceptors (Lipinski definition) is 3. The van der Waals surface area contributed by atoms with Gasteiger partial charge in [0, 0.05) is 25.2 Å². The molecule has 2 unspecified atom stereocenters. The van der Waals surface area contributed by atoms with E-state index in [-0.39, 0.29) is 0 Å². The van der Waals surface area contributed by atoms with E-state index in [4.69, 9.17) is 5.73 Å². The van der Waals surface area contributed by atoms with Gasteiger partial charge in [-0.1, -0.05) is 12.8 Å². The molecule has 21 heavy (non-hydrogen) atoms. The minimum Gasteiger partial charge on any atom is -0.382 e. The molecule has 1 aliphatic heterocycles. The third kappa shape index (κ3) is 2.32. The van der Waals surface area contributed by atoms with Gasteiger partial charge in [-0.3, -0.25) is 9.48 Å². The molecular weight excluding hydrogens is 264 g/mol. The summed E-state index contributed by atoms with van der Waals surface area (Å²) in [4.78, 5) is 14.8. The standard InChI is InChI=1S/C16H24N4O/c17-14-7-10-20(18-14)11-5-8-19(9-6-11)16(21)15-12-3-1-2-4-13(12)15/h7,10-13,15H,1-6,8-9H2,(H2,17,18). The van der Waals surface area contributed by atoms with Gasteiger partial charge in [0.15, 0.2) is 0 Å². The van der Waals surface area contributed by atoms with E-state index in [1.807, 2.05) is 16.9 Å². The van der Waals surface area contributed by atoms with E-state index in [0.29, 0.717) is 23.7 Å². The number of nitrogens with two attached hydrogens (primary N) is 1. The van der Waals surface area contributed by atoms with Crippen molar-refractivity contribution in [3.8, 4) is 0 Å². The number of fused-ring (bicyclic) bond motifs is 1. The molecule has 3 aliphatic rings. The Kier molecular flexibility index (Phi) is 3.16. The zero-order chi connectivity index (χ0) is 14.4. The van der Waals surface area contributed by atoms with Gasteiger partial charge in [-0.15, -0.1) is 0 Å². The number of anilines is 1. The summed E-state index contributed by atoms with van der Waals surface area (Å²) < 4.78 is 1.97. The highest BCUT2D eigenvalue weighted by molar-refractivity contribution is 5.82. The molecule has 0 spiro atoms. The quantitative estimate of drug-likeness (QED) is 0.906. The van der Waals surface area contributed by atoms with Gasteiger partial charge in [-0.2, -0.15) is 5.10 Å². The molecule has 1 aromatic rings. The molecule has 2 saturated carbocycles. The second-order valence-electron chi connectivity index (χ2n) is 6.92. The third-order valence-corrected chi connectivity index (χ3v) is 5.72. The molecule has 4 rings (SSSR count). The van der Waals surface area contributed by atoms with Crippen LogP contribution in [0.2, 0.25) is 0 Å². The second kappa shape index (κ2) is 5.04. The Hall–Kier alpha value is -1.52. The number of carbonyl (C=O) groups excluding carboxylic acids is 1. The van der Waals surface area contributed by atoms with Crippen molar-refractivity contribution in [1.82, 2.24) is 14.7 Å². The molecule has 2 aliphatic carbocycles. The first-order valence-corrected chi connectivity index (χ1v) is 8.33. The lowest BCUT2D eigenvalue weighted by atomic mass is 10.0. The molecule has 5 heteroatoms. The predicted octanol–water partition coefficient (Wildman–Crippen LogP) is 2.06. The normalized spacial score (nSPS) is 32.8. The molecule has 2 N–H and O–H groups in total. The molecule has 3 fully saturated rings. The minimum absolute atomic E-state index is 0.365. The van der Waals surface area contributed by atoms with E-state index in [9.17, 15) is 4.79 Å². The predicted molar refractivity (Wildman–Crippen MR) is 80.4 cm³/mol. The highest BCUT2D eigenvalue weighted by Crippen LogP contribution is 2.56. The number of amides is 1. The summed E-state index contributed by atoms with van der Waals surface area (Å²) in [5.74, 6) is 2.81. The number of nitrogen functional groups attached to an aromatic ring is 1. The van der Waals surface area contributed by atoms with E-state index in [2.05, 4.69) is 10.00 Å². The molecule has 0 radical (unpaired) electrons. The average molecular weight is 288 g/mol. The molecule has 1 aromatic heterocycles. The Morgan fingerprint density at radius 2 is 1.81 bits per heavy atom. The Morgan fingerprint density at radius 3 is 2.38 bits per heavy atom. The van der Waals surface area contributed by atoms with Crippen molar-refractivity contribution < 1.29 is 4.79 Å². The van der Waals surface area contributed by atoms with Crippen LogP contribution < -0.4 is 5.73 Å². The monoisotopic (exact) mass is 288 g/mol. The van der Waals surface area contributed by atoms with Crippen LogP contribution in [0.4, 0.5) is 5.82 Å². The van der Waals surface area contributed by atoms with Crippen molar-refractivity contribution in [1.29, 1.82) is 0 Å². The van der Waals surface area contributed by atoms with Crippen LogP contribution >= 0.6 is 0 Å². The molecule has 0 aromatic carbocycles. The fraction of sp³-hybridized carbons (Fsp3) is 0.750. The number of carbonyl (C=O) groups is 1. The topological polar surface area (TPSA) is 64.2 Å². The largest absolute Gasteiger partial charge is 0.382 e. The highest BCUT2D eigenvalue weighted by Gasteiger charge is 2.55. The maximum absolute atomic E-state index is 12.7. The van der Waals surface area contributed by atoms with Gasteiger partial charge in [-0.05, 0) is 43.6 Å². The van der Waals surface area contributed by atoms with Gasteiger partial charge < -0.3 is 10.6 Å². The van der Waals surface area contributed by atoms with Gasteiger partial charge in [0.2, 0.25) is 5.91 Å². The van der Waals surface area contributed by atoms with Gasteiger partial charge in [0.05, 0.1) is 6.04 Å². The molecule has 1 saturated heterocycles. The van der Waals surface area contributed by atoms with Crippen molar-refractivity contribution in [3.05, 3.63) is 12.3 Å². The van der Waals surface area contributed by atoms with Gasteiger partial charge in [0.25, 0.3) is 0 Å². The minimum atomic E-state index is 0.365. The van der Waals surface area contributed by atoms with Crippen LogP contribution in [0.25, 0.3) is 0 Å². The van der Waals surface area contributed by atoms with Crippen molar-refractivity contribution in [2.45, 2.75) is 44.6 Å². The van der Waals surface area contributed by atoms with Gasteiger partial charge in [0.1, 0.15) is 5.82 Å². The number of rotatable bonds is 2. The Labute approximate surface area is 125 Å². The molecule has 5 nitrogen and oxygen atoms in total. The molecule has 0 bridgehead atoms. The zero-order valence-electron chi connectivity index (χ0n) is 12.4. The first-order valence-electron chi connectivity index (χ1n) is 8.33. The maximum atomic E-state index is 12.7. The summed E-state index contributed by atoms with van der Waals surface area (Å²) in [7, 11) is 0. The van der Waals surface area contributed by atoms with Crippen LogP contribution in [0, 0.1) is 17.8 Å². The second-order valence-corrected chi connectivity index (χ2v) is 6.92. The van der Waals surface area contributed by atoms with E-state index in [1.165, 1.54) is 25.7 Å². The van der Waals surface area contributed by atoms with E-state index < -0.39 is 0 Å². The lowest BCUT2D eigenvalue weighted by Crippen LogP contribution is -2.40. The van der Waals surface area contributed by atoms with E-state index in [0.717, 1.165) is 37.8 Å². The van der Waals surface area contributed by atoms with Crippen molar-refractivity contribution in [2.24, 2.45) is 17.8 Å². The Balaban J connectivity index is 1.34. The smallest absolute Gasteiger partial charge is 0.226 e. The summed E-state index contributed by atoms with van der Waals surface area (Å²) >= 11 is 0. The lowest BCUT2D eigenvalue weighted by Gasteiger charge is -2.32. The van der Waals surface area contributed by atoms with Crippen LogP contribution in [0.1, 0.15) is 44.6 Å². The van der Waals surface area contributed by atoms with Gasteiger partial charge >= 0.3 is 0 Å². The average Bonchev–Trinajstić information content (AvgIpc) is 3.10. The van der Waals surface area contributed by atoms with Gasteiger partial charge in [-0.25, -0.2) is 0 Å². The van der Waals surface area contributed by atoms with Crippen LogP contribution in [-0.2, 0) is 4.79 Å². The summed E-state index contributed by atoms with van der Waals surface area (Å²) in [5.41, 5.74) is 5.68. The molecule has 2 heterocycles. The van der Waals surface area contributed by atoms with Crippen molar-refractivity contribution in [3.63, 3.8) is 0 Å². The fourth-order valence-electron chi connectivity index (χ4n) is 4.48. The number of piperidine rings is 1. The fourth-order valence-corrected chi connectivity index (χ4v) is 4.48. The van der Waals surface area contributed by atoms with Crippen molar-refractivity contribution >= 4 is 11.7 Å². The summed E-state index contributed by atoms with van der Waals surface area (Å²) in [6.07, 6.45) is 9.16. The molecular formula is C16H24N4O. The molecule has 2 atom stereocenters. The third-order valence-electron chi connectivity index (χ3n) is 5.72. The summed E-state index contributed by atoms with van der Waals surface area (Å²) in [5, 5.41) is 4.30.